The van der Waals surface area contributed by atoms with Gasteiger partial charge in [-0.3, -0.25) is 4.79 Å². The summed E-state index contributed by atoms with van der Waals surface area (Å²) in [5.74, 6) is 0.638. The molecular formula is C15H19N3O2S. The van der Waals surface area contributed by atoms with Gasteiger partial charge in [0.25, 0.3) is 5.91 Å². The van der Waals surface area contributed by atoms with E-state index in [-0.39, 0.29) is 11.9 Å². The Hall–Kier alpha value is -1.92. The Balaban J connectivity index is 1.99. The standard InChI is InChI=1S/C15H19N3O2S/c1-3-20-12-6-4-11(5-7-12)10(2)17-15(19)13-9-21-14(8-16)18-13/h4-7,9-10H,3,8,16H2,1-2H3,(H,17,19). The van der Waals surface area contributed by atoms with E-state index in [1.54, 1.807) is 5.38 Å². The van der Waals surface area contributed by atoms with E-state index in [0.717, 1.165) is 16.3 Å². The molecule has 0 aliphatic heterocycles. The van der Waals surface area contributed by atoms with Crippen LogP contribution >= 0.6 is 11.3 Å². The number of rotatable bonds is 6. The Kier molecular flexibility index (Phi) is 5.30. The van der Waals surface area contributed by atoms with E-state index in [0.29, 0.717) is 18.8 Å². The Morgan fingerprint density at radius 3 is 2.71 bits per heavy atom. The summed E-state index contributed by atoms with van der Waals surface area (Å²) in [6.07, 6.45) is 0. The van der Waals surface area contributed by atoms with Crippen molar-refractivity contribution in [2.75, 3.05) is 6.61 Å². The highest BCUT2D eigenvalue weighted by molar-refractivity contribution is 7.09. The number of carbonyl (C=O) groups is 1. The second-order valence-electron chi connectivity index (χ2n) is 4.53. The smallest absolute Gasteiger partial charge is 0.271 e. The number of hydrogen-bond donors (Lipinski definition) is 2. The van der Waals surface area contributed by atoms with Crippen LogP contribution in [0.4, 0.5) is 0 Å². The largest absolute Gasteiger partial charge is 0.494 e. The van der Waals surface area contributed by atoms with Crippen LogP contribution < -0.4 is 15.8 Å². The molecule has 2 aromatic rings. The van der Waals surface area contributed by atoms with Crippen molar-refractivity contribution in [1.29, 1.82) is 0 Å². The van der Waals surface area contributed by atoms with Crippen LogP contribution in [0, 0.1) is 0 Å². The molecule has 0 saturated heterocycles. The molecule has 0 aliphatic carbocycles. The number of hydrogen-bond acceptors (Lipinski definition) is 5. The molecule has 112 valence electrons. The monoisotopic (exact) mass is 305 g/mol. The maximum Gasteiger partial charge on any atom is 0.271 e. The van der Waals surface area contributed by atoms with E-state index in [2.05, 4.69) is 10.3 Å². The van der Waals surface area contributed by atoms with Gasteiger partial charge in [0.2, 0.25) is 0 Å². The van der Waals surface area contributed by atoms with Gasteiger partial charge in [-0.25, -0.2) is 4.98 Å². The highest BCUT2D eigenvalue weighted by Crippen LogP contribution is 2.18. The van der Waals surface area contributed by atoms with Crippen LogP contribution in [0.1, 0.15) is 40.9 Å². The van der Waals surface area contributed by atoms with Crippen LogP contribution in [0.5, 0.6) is 5.75 Å². The molecule has 21 heavy (non-hydrogen) atoms. The lowest BCUT2D eigenvalue weighted by atomic mass is 10.1. The fourth-order valence-corrected chi connectivity index (χ4v) is 2.54. The maximum atomic E-state index is 12.1. The lowest BCUT2D eigenvalue weighted by molar-refractivity contribution is 0.0935. The molecule has 6 heteroatoms. The molecule has 0 fully saturated rings. The molecule has 1 aromatic carbocycles. The van der Waals surface area contributed by atoms with Crippen molar-refractivity contribution in [1.82, 2.24) is 10.3 Å². The molecule has 1 heterocycles. The highest BCUT2D eigenvalue weighted by atomic mass is 32.1. The van der Waals surface area contributed by atoms with E-state index < -0.39 is 0 Å². The van der Waals surface area contributed by atoms with Crippen molar-refractivity contribution in [2.45, 2.75) is 26.4 Å². The van der Waals surface area contributed by atoms with Crippen molar-refractivity contribution < 1.29 is 9.53 Å². The first kappa shape index (κ1) is 15.5. The average Bonchev–Trinajstić information content (AvgIpc) is 2.97. The van der Waals surface area contributed by atoms with Gasteiger partial charge in [0.1, 0.15) is 16.5 Å². The van der Waals surface area contributed by atoms with Crippen molar-refractivity contribution in [3.8, 4) is 5.75 Å². The van der Waals surface area contributed by atoms with E-state index in [1.807, 2.05) is 38.1 Å². The number of nitrogens with zero attached hydrogens (tertiary/aromatic N) is 1. The number of ether oxygens (including phenoxy) is 1. The normalized spacial score (nSPS) is 12.0. The first-order chi connectivity index (χ1) is 10.1. The number of benzene rings is 1. The van der Waals surface area contributed by atoms with Gasteiger partial charge in [0, 0.05) is 11.9 Å². The van der Waals surface area contributed by atoms with Crippen LogP contribution in [-0.2, 0) is 6.54 Å². The molecule has 1 atom stereocenters. The molecule has 0 aliphatic rings. The summed E-state index contributed by atoms with van der Waals surface area (Å²) in [7, 11) is 0. The van der Waals surface area contributed by atoms with Gasteiger partial charge < -0.3 is 15.8 Å². The van der Waals surface area contributed by atoms with Gasteiger partial charge in [-0.2, -0.15) is 0 Å². The molecular weight excluding hydrogens is 286 g/mol. The van der Waals surface area contributed by atoms with E-state index >= 15 is 0 Å². The molecule has 1 amide bonds. The van der Waals surface area contributed by atoms with Crippen molar-refractivity contribution >= 4 is 17.2 Å². The summed E-state index contributed by atoms with van der Waals surface area (Å²) in [4.78, 5) is 16.3. The molecule has 1 unspecified atom stereocenters. The third kappa shape index (κ3) is 4.03. The quantitative estimate of drug-likeness (QED) is 0.859. The third-order valence-electron chi connectivity index (χ3n) is 3.00. The summed E-state index contributed by atoms with van der Waals surface area (Å²) in [5.41, 5.74) is 6.93. The Morgan fingerprint density at radius 2 is 2.14 bits per heavy atom. The number of aromatic nitrogens is 1. The van der Waals surface area contributed by atoms with Crippen molar-refractivity contribution in [3.63, 3.8) is 0 Å². The number of nitrogens with two attached hydrogens (primary N) is 1. The molecule has 0 bridgehead atoms. The lowest BCUT2D eigenvalue weighted by Gasteiger charge is -2.14. The Morgan fingerprint density at radius 1 is 1.43 bits per heavy atom. The lowest BCUT2D eigenvalue weighted by Crippen LogP contribution is -2.27. The molecule has 0 saturated carbocycles. The van der Waals surface area contributed by atoms with Gasteiger partial charge >= 0.3 is 0 Å². The molecule has 2 rings (SSSR count). The SMILES string of the molecule is CCOc1ccc(C(C)NC(=O)c2csc(CN)n2)cc1. The fraction of sp³-hybridized carbons (Fsp3) is 0.333. The minimum absolute atomic E-state index is 0.101. The van der Waals surface area contributed by atoms with Gasteiger partial charge in [0.15, 0.2) is 0 Å². The van der Waals surface area contributed by atoms with Crippen LogP contribution in [0.25, 0.3) is 0 Å². The number of carbonyl (C=O) groups excluding carboxylic acids is 1. The van der Waals surface area contributed by atoms with Gasteiger partial charge in [-0.1, -0.05) is 12.1 Å². The zero-order valence-electron chi connectivity index (χ0n) is 12.1. The number of thiazole rings is 1. The maximum absolute atomic E-state index is 12.1. The van der Waals surface area contributed by atoms with Crippen LogP contribution in [0.3, 0.4) is 0 Å². The summed E-state index contributed by atoms with van der Waals surface area (Å²) >= 11 is 1.39. The average molecular weight is 305 g/mol. The van der Waals surface area contributed by atoms with Crippen molar-refractivity contribution in [2.24, 2.45) is 5.73 Å². The second kappa shape index (κ2) is 7.19. The first-order valence-corrected chi connectivity index (χ1v) is 7.70. The van der Waals surface area contributed by atoms with E-state index in [1.165, 1.54) is 11.3 Å². The Labute approximate surface area is 128 Å². The molecule has 1 aromatic heterocycles. The summed E-state index contributed by atoms with van der Waals surface area (Å²) in [5, 5.41) is 5.41. The fourth-order valence-electron chi connectivity index (χ4n) is 1.88. The minimum Gasteiger partial charge on any atom is -0.494 e. The van der Waals surface area contributed by atoms with Crippen LogP contribution in [0.15, 0.2) is 29.6 Å². The van der Waals surface area contributed by atoms with Gasteiger partial charge in [-0.15, -0.1) is 11.3 Å². The predicted molar refractivity (Wildman–Crippen MR) is 83.5 cm³/mol. The number of amides is 1. The Bertz CT molecular complexity index is 595. The van der Waals surface area contributed by atoms with Crippen LogP contribution in [-0.4, -0.2) is 17.5 Å². The van der Waals surface area contributed by atoms with Crippen LogP contribution in [0.2, 0.25) is 0 Å². The van der Waals surface area contributed by atoms with Crippen molar-refractivity contribution in [3.05, 3.63) is 45.9 Å². The second-order valence-corrected chi connectivity index (χ2v) is 5.47. The predicted octanol–water partition coefficient (Wildman–Crippen LogP) is 2.49. The summed E-state index contributed by atoms with van der Waals surface area (Å²) < 4.78 is 5.40. The van der Waals surface area contributed by atoms with Gasteiger partial charge in [0.05, 0.1) is 12.6 Å². The summed E-state index contributed by atoms with van der Waals surface area (Å²) in [6, 6.07) is 7.59. The topological polar surface area (TPSA) is 77.2 Å². The zero-order valence-corrected chi connectivity index (χ0v) is 12.9. The molecule has 3 N–H and O–H groups in total. The van der Waals surface area contributed by atoms with E-state index in [4.69, 9.17) is 10.5 Å². The number of nitrogens with one attached hydrogen (secondary N) is 1. The molecule has 5 nitrogen and oxygen atoms in total. The minimum atomic E-state index is -0.188. The summed E-state index contributed by atoms with van der Waals surface area (Å²) in [6.45, 7) is 4.87. The third-order valence-corrected chi connectivity index (χ3v) is 3.87. The van der Waals surface area contributed by atoms with Gasteiger partial charge in [-0.05, 0) is 31.5 Å². The molecule has 0 radical (unpaired) electrons. The van der Waals surface area contributed by atoms with E-state index in [9.17, 15) is 4.79 Å². The molecule has 0 spiro atoms. The first-order valence-electron chi connectivity index (χ1n) is 6.82. The zero-order chi connectivity index (χ0) is 15.2. The highest BCUT2D eigenvalue weighted by Gasteiger charge is 2.14.